The van der Waals surface area contributed by atoms with E-state index in [2.05, 4.69) is 5.10 Å². The van der Waals surface area contributed by atoms with Crippen molar-refractivity contribution in [2.45, 2.75) is 6.54 Å². The van der Waals surface area contributed by atoms with Gasteiger partial charge in [0.15, 0.2) is 0 Å². The van der Waals surface area contributed by atoms with E-state index in [1.807, 2.05) is 0 Å². The number of nitrogens with zero attached hydrogens (tertiary/aromatic N) is 3. The first-order valence-corrected chi connectivity index (χ1v) is 7.01. The monoisotopic (exact) mass is 329 g/mol. The van der Waals surface area contributed by atoms with Gasteiger partial charge in [-0.05, 0) is 23.8 Å². The number of carboxylic acids is 1. The third-order valence-electron chi connectivity index (χ3n) is 3.68. The molecule has 0 radical (unpaired) electrons. The third-order valence-corrected chi connectivity index (χ3v) is 3.68. The highest BCUT2D eigenvalue weighted by molar-refractivity contribution is 6.21. The van der Waals surface area contributed by atoms with Gasteiger partial charge in [0.1, 0.15) is 5.69 Å². The highest BCUT2D eigenvalue weighted by Crippen LogP contribution is 2.23. The van der Waals surface area contributed by atoms with E-state index in [1.54, 1.807) is 12.1 Å². The Hall–Kier alpha value is -3.29. The molecule has 0 saturated heterocycles. The molecule has 0 fully saturated rings. The predicted molar refractivity (Wildman–Crippen MR) is 80.2 cm³/mol. The summed E-state index contributed by atoms with van der Waals surface area (Å²) in [6.45, 7) is -0.458. The van der Waals surface area contributed by atoms with Crippen molar-refractivity contribution < 1.29 is 23.9 Å². The molecule has 2 amide bonds. The van der Waals surface area contributed by atoms with Crippen molar-refractivity contribution in [3.05, 3.63) is 65.3 Å². The first-order valence-electron chi connectivity index (χ1n) is 7.01. The number of carboxylic acid groups (broad SMARTS) is 1. The summed E-state index contributed by atoms with van der Waals surface area (Å²) in [5.74, 6) is -2.21. The lowest BCUT2D eigenvalue weighted by Crippen LogP contribution is -2.32. The molecule has 0 atom stereocenters. The van der Waals surface area contributed by atoms with Crippen molar-refractivity contribution >= 4 is 17.8 Å². The van der Waals surface area contributed by atoms with Gasteiger partial charge < -0.3 is 5.11 Å². The Morgan fingerprint density at radius 1 is 1.12 bits per heavy atom. The van der Waals surface area contributed by atoms with Crippen LogP contribution in [0.2, 0.25) is 0 Å². The largest absolute Gasteiger partial charge is 0.477 e. The van der Waals surface area contributed by atoms with Crippen LogP contribution in [-0.2, 0) is 6.54 Å². The summed E-state index contributed by atoms with van der Waals surface area (Å²) < 4.78 is 14.3. The Labute approximate surface area is 135 Å². The summed E-state index contributed by atoms with van der Waals surface area (Å²) in [6, 6.07) is 7.62. The van der Waals surface area contributed by atoms with Gasteiger partial charge in [-0.15, -0.1) is 0 Å². The lowest BCUT2D eigenvalue weighted by Gasteiger charge is -2.16. The van der Waals surface area contributed by atoms with Crippen molar-refractivity contribution in [3.8, 4) is 0 Å². The molecule has 0 saturated carbocycles. The number of rotatable bonds is 5. The van der Waals surface area contributed by atoms with Gasteiger partial charge in [0.05, 0.1) is 30.5 Å². The summed E-state index contributed by atoms with van der Waals surface area (Å²) >= 11 is 0. The lowest BCUT2D eigenvalue weighted by molar-refractivity contribution is 0.0654. The van der Waals surface area contributed by atoms with Crippen LogP contribution >= 0.6 is 0 Å². The predicted octanol–water partition coefficient (Wildman–Crippen LogP) is 1.73. The Bertz CT molecular complexity index is 837. The lowest BCUT2D eigenvalue weighted by atomic mass is 10.1. The van der Waals surface area contributed by atoms with Crippen LogP contribution in [0.25, 0.3) is 0 Å². The number of aromatic carboxylic acids is 1. The highest BCUT2D eigenvalue weighted by Gasteiger charge is 2.35. The first-order chi connectivity index (χ1) is 11.5. The van der Waals surface area contributed by atoms with E-state index in [1.165, 1.54) is 24.4 Å². The Morgan fingerprint density at radius 2 is 1.75 bits per heavy atom. The number of amides is 2. The van der Waals surface area contributed by atoms with Crippen molar-refractivity contribution in [1.29, 1.82) is 0 Å². The fourth-order valence-electron chi connectivity index (χ4n) is 2.54. The zero-order valence-corrected chi connectivity index (χ0v) is 12.3. The summed E-state index contributed by atoms with van der Waals surface area (Å²) in [5, 5.41) is 12.9. The highest BCUT2D eigenvalue weighted by atomic mass is 19.1. The second-order valence-corrected chi connectivity index (χ2v) is 5.19. The summed E-state index contributed by atoms with van der Waals surface area (Å²) in [4.78, 5) is 36.5. The Kier molecular flexibility index (Phi) is 3.95. The molecule has 1 aromatic heterocycles. The SMILES string of the molecule is O=C(O)c1ccnn1CC(=CF)CN1C(=O)c2ccccc2C1=O. The molecule has 0 spiro atoms. The van der Waals surface area contributed by atoms with Crippen LogP contribution in [0.5, 0.6) is 0 Å². The van der Waals surface area contributed by atoms with Crippen molar-refractivity contribution in [2.24, 2.45) is 0 Å². The van der Waals surface area contributed by atoms with Gasteiger partial charge in [0.25, 0.3) is 11.8 Å². The van der Waals surface area contributed by atoms with Crippen LogP contribution in [0.15, 0.2) is 48.4 Å². The number of hydrogen-bond acceptors (Lipinski definition) is 4. The van der Waals surface area contributed by atoms with E-state index in [-0.39, 0.29) is 41.8 Å². The first kappa shape index (κ1) is 15.6. The molecule has 2 heterocycles. The third kappa shape index (κ3) is 2.58. The average molecular weight is 329 g/mol. The molecule has 0 bridgehead atoms. The normalized spacial score (nSPS) is 14.2. The molecule has 122 valence electrons. The van der Waals surface area contributed by atoms with Gasteiger partial charge in [-0.3, -0.25) is 19.2 Å². The molecule has 1 aliphatic heterocycles. The molecule has 3 rings (SSSR count). The summed E-state index contributed by atoms with van der Waals surface area (Å²) in [7, 11) is 0. The minimum Gasteiger partial charge on any atom is -0.477 e. The summed E-state index contributed by atoms with van der Waals surface area (Å²) in [5.41, 5.74) is 0.476. The fourth-order valence-corrected chi connectivity index (χ4v) is 2.54. The molecule has 8 heteroatoms. The molecule has 1 aromatic carbocycles. The molecule has 1 aliphatic rings. The minimum atomic E-state index is -1.20. The van der Waals surface area contributed by atoms with Gasteiger partial charge in [-0.25, -0.2) is 9.18 Å². The molecule has 0 aliphatic carbocycles. The van der Waals surface area contributed by atoms with Crippen LogP contribution in [0, 0.1) is 0 Å². The van der Waals surface area contributed by atoms with E-state index >= 15 is 0 Å². The van der Waals surface area contributed by atoms with Crippen molar-refractivity contribution in [1.82, 2.24) is 14.7 Å². The quantitative estimate of drug-likeness (QED) is 0.843. The number of aromatic nitrogens is 2. The van der Waals surface area contributed by atoms with Gasteiger partial charge >= 0.3 is 5.97 Å². The van der Waals surface area contributed by atoms with Gasteiger partial charge in [0, 0.05) is 6.20 Å². The number of imide groups is 1. The van der Waals surface area contributed by atoms with E-state index in [9.17, 15) is 18.8 Å². The smallest absolute Gasteiger partial charge is 0.354 e. The van der Waals surface area contributed by atoms with E-state index < -0.39 is 17.8 Å². The molecule has 24 heavy (non-hydrogen) atoms. The van der Waals surface area contributed by atoms with Crippen LogP contribution in [0.4, 0.5) is 4.39 Å². The molecular formula is C16H12FN3O4. The average Bonchev–Trinajstić information content (AvgIpc) is 3.13. The molecule has 0 unspecified atom stereocenters. The fraction of sp³-hybridized carbons (Fsp3) is 0.125. The molecular weight excluding hydrogens is 317 g/mol. The molecule has 7 nitrogen and oxygen atoms in total. The van der Waals surface area contributed by atoms with Crippen LogP contribution < -0.4 is 0 Å². The number of benzene rings is 1. The van der Waals surface area contributed by atoms with Crippen molar-refractivity contribution in [2.75, 3.05) is 6.54 Å². The number of fused-ring (bicyclic) bond motifs is 1. The van der Waals surface area contributed by atoms with E-state index in [0.717, 1.165) is 9.58 Å². The van der Waals surface area contributed by atoms with Gasteiger partial charge in [-0.1, -0.05) is 12.1 Å². The van der Waals surface area contributed by atoms with Gasteiger partial charge in [-0.2, -0.15) is 5.10 Å². The Morgan fingerprint density at radius 3 is 2.29 bits per heavy atom. The standard InChI is InChI=1S/C16H12FN3O4/c17-7-10(9-20-13(16(23)24)5-6-18-20)8-19-14(21)11-3-1-2-4-12(11)15(19)22/h1-7H,8-9H2,(H,23,24). The van der Waals surface area contributed by atoms with Crippen molar-refractivity contribution in [3.63, 3.8) is 0 Å². The number of carbonyl (C=O) groups is 3. The van der Waals surface area contributed by atoms with Crippen LogP contribution in [0.1, 0.15) is 31.2 Å². The van der Waals surface area contributed by atoms with E-state index in [0.29, 0.717) is 0 Å². The maximum absolute atomic E-state index is 13.2. The zero-order valence-electron chi connectivity index (χ0n) is 12.3. The maximum atomic E-state index is 13.2. The topological polar surface area (TPSA) is 92.5 Å². The van der Waals surface area contributed by atoms with Crippen LogP contribution in [-0.4, -0.2) is 44.1 Å². The number of halogens is 1. The Balaban J connectivity index is 1.80. The second-order valence-electron chi connectivity index (χ2n) is 5.19. The zero-order chi connectivity index (χ0) is 17.3. The summed E-state index contributed by atoms with van der Waals surface area (Å²) in [6.07, 6.45) is 1.54. The number of carbonyl (C=O) groups excluding carboxylic acids is 2. The van der Waals surface area contributed by atoms with Crippen LogP contribution in [0.3, 0.4) is 0 Å². The molecule has 2 aromatic rings. The van der Waals surface area contributed by atoms with Gasteiger partial charge in [0.2, 0.25) is 0 Å². The van der Waals surface area contributed by atoms with E-state index in [4.69, 9.17) is 5.11 Å². The second kappa shape index (κ2) is 6.07. The maximum Gasteiger partial charge on any atom is 0.354 e. The molecule has 1 N–H and O–H groups in total. The minimum absolute atomic E-state index is 0.0516. The number of hydrogen-bond donors (Lipinski definition) is 1.